The molecular weight excluding hydrogens is 259 g/mol. The van der Waals surface area contributed by atoms with Gasteiger partial charge in [0.25, 0.3) is 0 Å². The third-order valence-electron chi connectivity index (χ3n) is 2.66. The van der Waals surface area contributed by atoms with Crippen molar-refractivity contribution >= 4 is 7.60 Å². The lowest BCUT2D eigenvalue weighted by atomic mass is 10.0. The average Bonchev–Trinajstić information content (AvgIpc) is 2.28. The lowest BCUT2D eigenvalue weighted by Crippen LogP contribution is -1.94. The molecule has 1 unspecified atom stereocenters. The maximum atomic E-state index is 12.2. The van der Waals surface area contributed by atoms with Gasteiger partial charge in [-0.2, -0.15) is 0 Å². The smallest absolute Gasteiger partial charge is 0.306 e. The summed E-state index contributed by atoms with van der Waals surface area (Å²) in [6.07, 6.45) is 7.33. The van der Waals surface area contributed by atoms with Crippen molar-refractivity contribution in [2.75, 3.05) is 13.2 Å². The van der Waals surface area contributed by atoms with Gasteiger partial charge in [0.2, 0.25) is 0 Å². The van der Waals surface area contributed by atoms with E-state index in [0.717, 1.165) is 19.3 Å². The van der Waals surface area contributed by atoms with Crippen molar-refractivity contribution in [3.63, 3.8) is 0 Å². The second-order valence-corrected chi connectivity index (χ2v) is 6.85. The van der Waals surface area contributed by atoms with E-state index in [-0.39, 0.29) is 0 Å². The molecule has 0 bridgehead atoms. The molecule has 4 heteroatoms. The standard InChI is InChI=1S/C15H29O3P/c1-6-17-19(16,18-7-2)13-9-12-15(5)11-8-10-14(3)4/h9-10,13,15H,6-8,11-12H2,1-5H3/b13-9+. The summed E-state index contributed by atoms with van der Waals surface area (Å²) >= 11 is 0. The largest absolute Gasteiger partial charge is 0.353 e. The van der Waals surface area contributed by atoms with E-state index in [1.807, 2.05) is 19.9 Å². The van der Waals surface area contributed by atoms with Gasteiger partial charge in [-0.15, -0.1) is 0 Å². The molecule has 0 aliphatic carbocycles. The molecular formula is C15H29O3P. The fourth-order valence-corrected chi connectivity index (χ4v) is 3.03. The zero-order valence-corrected chi connectivity index (χ0v) is 13.9. The molecule has 0 aromatic rings. The maximum absolute atomic E-state index is 12.2. The lowest BCUT2D eigenvalue weighted by molar-refractivity contribution is 0.229. The van der Waals surface area contributed by atoms with Gasteiger partial charge in [-0.1, -0.05) is 24.6 Å². The summed E-state index contributed by atoms with van der Waals surface area (Å²) in [4.78, 5) is 0. The summed E-state index contributed by atoms with van der Waals surface area (Å²) in [5.74, 6) is 2.18. The number of allylic oxidation sites excluding steroid dienone is 3. The zero-order chi connectivity index (χ0) is 14.7. The Morgan fingerprint density at radius 2 is 1.79 bits per heavy atom. The predicted molar refractivity (Wildman–Crippen MR) is 82.4 cm³/mol. The predicted octanol–water partition coefficient (Wildman–Crippen LogP) is 5.54. The van der Waals surface area contributed by atoms with Crippen molar-refractivity contribution < 1.29 is 13.6 Å². The quantitative estimate of drug-likeness (QED) is 0.391. The summed E-state index contributed by atoms with van der Waals surface area (Å²) < 4.78 is 22.6. The number of hydrogen-bond acceptors (Lipinski definition) is 3. The monoisotopic (exact) mass is 288 g/mol. The Kier molecular flexibility index (Phi) is 10.2. The van der Waals surface area contributed by atoms with E-state index in [4.69, 9.17) is 9.05 Å². The van der Waals surface area contributed by atoms with Gasteiger partial charge >= 0.3 is 7.60 Å². The van der Waals surface area contributed by atoms with E-state index in [1.54, 1.807) is 5.82 Å². The zero-order valence-electron chi connectivity index (χ0n) is 13.0. The van der Waals surface area contributed by atoms with E-state index in [0.29, 0.717) is 19.1 Å². The molecule has 0 spiro atoms. The van der Waals surface area contributed by atoms with Crippen LogP contribution < -0.4 is 0 Å². The van der Waals surface area contributed by atoms with Gasteiger partial charge in [0.05, 0.1) is 13.2 Å². The summed E-state index contributed by atoms with van der Waals surface area (Å²) in [7, 11) is -3.01. The van der Waals surface area contributed by atoms with Gasteiger partial charge in [0.15, 0.2) is 0 Å². The maximum Gasteiger partial charge on any atom is 0.353 e. The summed E-state index contributed by atoms with van der Waals surface area (Å²) in [5, 5.41) is 0. The van der Waals surface area contributed by atoms with Gasteiger partial charge < -0.3 is 9.05 Å². The first-order chi connectivity index (χ1) is 8.93. The minimum atomic E-state index is -3.01. The van der Waals surface area contributed by atoms with Crippen LogP contribution in [0.25, 0.3) is 0 Å². The highest BCUT2D eigenvalue weighted by Crippen LogP contribution is 2.49. The molecule has 0 heterocycles. The highest BCUT2D eigenvalue weighted by molar-refractivity contribution is 7.57. The molecule has 0 aromatic heterocycles. The van der Waals surface area contributed by atoms with E-state index < -0.39 is 7.60 Å². The van der Waals surface area contributed by atoms with Crippen molar-refractivity contribution in [3.05, 3.63) is 23.5 Å². The molecule has 112 valence electrons. The SMILES string of the molecule is CCOP(=O)(/C=C/CC(C)CCC=C(C)C)OCC. The Morgan fingerprint density at radius 3 is 2.26 bits per heavy atom. The van der Waals surface area contributed by atoms with E-state index in [1.165, 1.54) is 5.57 Å². The minimum Gasteiger partial charge on any atom is -0.306 e. The van der Waals surface area contributed by atoms with Crippen LogP contribution in [0.5, 0.6) is 0 Å². The average molecular weight is 288 g/mol. The normalized spacial score (nSPS) is 13.7. The Labute approximate surface area is 118 Å². The molecule has 0 radical (unpaired) electrons. The Hall–Kier alpha value is -0.370. The molecule has 19 heavy (non-hydrogen) atoms. The molecule has 0 amide bonds. The van der Waals surface area contributed by atoms with Crippen LogP contribution in [0.15, 0.2) is 23.5 Å². The Balaban J connectivity index is 4.16. The Bertz CT molecular complexity index is 320. The molecule has 0 rings (SSSR count). The fourth-order valence-electron chi connectivity index (χ4n) is 1.68. The topological polar surface area (TPSA) is 35.5 Å². The van der Waals surface area contributed by atoms with Gasteiger partial charge in [-0.3, -0.25) is 4.57 Å². The summed E-state index contributed by atoms with van der Waals surface area (Å²) in [6, 6.07) is 0. The van der Waals surface area contributed by atoms with Crippen LogP contribution in [0.2, 0.25) is 0 Å². The lowest BCUT2D eigenvalue weighted by Gasteiger charge is -2.13. The molecule has 1 atom stereocenters. The molecule has 0 N–H and O–H groups in total. The summed E-state index contributed by atoms with van der Waals surface area (Å²) in [5.41, 5.74) is 1.36. The van der Waals surface area contributed by atoms with E-state index in [2.05, 4.69) is 26.8 Å². The van der Waals surface area contributed by atoms with Gasteiger partial charge in [-0.25, -0.2) is 0 Å². The molecule has 0 saturated carbocycles. The fraction of sp³-hybridized carbons (Fsp3) is 0.733. The highest BCUT2D eigenvalue weighted by Gasteiger charge is 2.18. The first-order valence-electron chi connectivity index (χ1n) is 7.13. The molecule has 0 saturated heterocycles. The van der Waals surface area contributed by atoms with Gasteiger partial charge in [-0.05, 0) is 52.9 Å². The van der Waals surface area contributed by atoms with Crippen molar-refractivity contribution in [2.45, 2.75) is 53.9 Å². The second kappa shape index (κ2) is 10.4. The van der Waals surface area contributed by atoms with Crippen LogP contribution in [-0.2, 0) is 13.6 Å². The van der Waals surface area contributed by atoms with Crippen molar-refractivity contribution in [1.82, 2.24) is 0 Å². The van der Waals surface area contributed by atoms with Crippen LogP contribution >= 0.6 is 7.60 Å². The van der Waals surface area contributed by atoms with Gasteiger partial charge in [0.1, 0.15) is 0 Å². The summed E-state index contributed by atoms with van der Waals surface area (Å²) in [6.45, 7) is 10.9. The molecule has 3 nitrogen and oxygen atoms in total. The first kappa shape index (κ1) is 18.6. The van der Waals surface area contributed by atoms with E-state index in [9.17, 15) is 4.57 Å². The molecule has 0 fully saturated rings. The van der Waals surface area contributed by atoms with Crippen molar-refractivity contribution in [3.8, 4) is 0 Å². The second-order valence-electron chi connectivity index (χ2n) is 4.96. The van der Waals surface area contributed by atoms with Crippen molar-refractivity contribution in [1.29, 1.82) is 0 Å². The molecule has 0 aromatic carbocycles. The highest BCUT2D eigenvalue weighted by atomic mass is 31.2. The first-order valence-corrected chi connectivity index (χ1v) is 8.74. The van der Waals surface area contributed by atoms with Crippen LogP contribution in [0.1, 0.15) is 53.9 Å². The van der Waals surface area contributed by atoms with Crippen LogP contribution in [-0.4, -0.2) is 13.2 Å². The van der Waals surface area contributed by atoms with Crippen LogP contribution in [0, 0.1) is 5.92 Å². The van der Waals surface area contributed by atoms with E-state index >= 15 is 0 Å². The third kappa shape index (κ3) is 10.1. The van der Waals surface area contributed by atoms with Crippen molar-refractivity contribution in [2.24, 2.45) is 5.92 Å². The Morgan fingerprint density at radius 1 is 1.21 bits per heavy atom. The number of hydrogen-bond donors (Lipinski definition) is 0. The molecule has 0 aliphatic heterocycles. The minimum absolute atomic E-state index is 0.401. The van der Waals surface area contributed by atoms with Crippen LogP contribution in [0.4, 0.5) is 0 Å². The van der Waals surface area contributed by atoms with Gasteiger partial charge in [0, 0.05) is 5.82 Å². The number of rotatable bonds is 10. The molecule has 0 aliphatic rings. The third-order valence-corrected chi connectivity index (χ3v) is 4.47. The van der Waals surface area contributed by atoms with Crippen LogP contribution in [0.3, 0.4) is 0 Å².